The molecule has 1 N–H and O–H groups in total. The largest absolute Gasteiger partial charge is 0.469 e. The first kappa shape index (κ1) is 7.28. The van der Waals surface area contributed by atoms with Crippen LogP contribution in [0.4, 0.5) is 0 Å². The van der Waals surface area contributed by atoms with Gasteiger partial charge < -0.3 is 9.84 Å². The molecule has 0 aromatic carbocycles. The number of aliphatic hydroxyl groups excluding tert-OH is 1. The van der Waals surface area contributed by atoms with E-state index in [-0.39, 0.29) is 24.4 Å². The van der Waals surface area contributed by atoms with E-state index in [9.17, 15) is 4.79 Å². The molecule has 0 spiro atoms. The van der Waals surface area contributed by atoms with Gasteiger partial charge in [0.25, 0.3) is 0 Å². The van der Waals surface area contributed by atoms with Crippen LogP contribution in [0.15, 0.2) is 12.2 Å². The van der Waals surface area contributed by atoms with Crippen LogP contribution in [0.2, 0.25) is 0 Å². The molecule has 0 saturated carbocycles. The molecule has 10 heavy (non-hydrogen) atoms. The Kier molecular flexibility index (Phi) is 2.06. The van der Waals surface area contributed by atoms with E-state index in [0.717, 1.165) is 0 Å². The zero-order chi connectivity index (χ0) is 7.56. The van der Waals surface area contributed by atoms with Crippen LogP contribution in [0.25, 0.3) is 0 Å². The van der Waals surface area contributed by atoms with Gasteiger partial charge in [-0.25, -0.2) is 0 Å². The van der Waals surface area contributed by atoms with Gasteiger partial charge in [0.2, 0.25) is 0 Å². The molecule has 0 aromatic heterocycles. The lowest BCUT2D eigenvalue weighted by Crippen LogP contribution is -2.30. The quantitative estimate of drug-likeness (QED) is 0.434. The summed E-state index contributed by atoms with van der Waals surface area (Å²) in [4.78, 5) is 10.8. The number of hydrogen-bond acceptors (Lipinski definition) is 3. The summed E-state index contributed by atoms with van der Waals surface area (Å²) in [7, 11) is 1.35. The van der Waals surface area contributed by atoms with Crippen LogP contribution < -0.4 is 0 Å². The summed E-state index contributed by atoms with van der Waals surface area (Å²) < 4.78 is 4.48. The van der Waals surface area contributed by atoms with E-state index in [2.05, 4.69) is 4.74 Å². The Morgan fingerprint density at radius 2 is 2.40 bits per heavy atom. The number of rotatable bonds is 2. The summed E-state index contributed by atoms with van der Waals surface area (Å²) in [6, 6.07) is 0. The first-order valence-corrected chi connectivity index (χ1v) is 3.16. The van der Waals surface area contributed by atoms with E-state index >= 15 is 0 Å². The highest BCUT2D eigenvalue weighted by Crippen LogP contribution is 2.25. The van der Waals surface area contributed by atoms with Crippen molar-refractivity contribution in [2.75, 3.05) is 13.7 Å². The highest BCUT2D eigenvalue weighted by Gasteiger charge is 2.30. The second kappa shape index (κ2) is 2.84. The summed E-state index contributed by atoms with van der Waals surface area (Å²) in [5, 5.41) is 8.64. The molecule has 2 unspecified atom stereocenters. The van der Waals surface area contributed by atoms with Gasteiger partial charge in [-0.1, -0.05) is 12.2 Å². The standard InChI is InChI=1S/C7H10O3/c1-10-7(9)6-3-2-5(6)4-8/h2-3,5-6,8H,4H2,1H3. The fourth-order valence-corrected chi connectivity index (χ4v) is 0.943. The lowest BCUT2D eigenvalue weighted by molar-refractivity contribution is -0.146. The minimum absolute atomic E-state index is 0.0209. The van der Waals surface area contributed by atoms with Crippen molar-refractivity contribution in [2.24, 2.45) is 11.8 Å². The molecule has 0 fully saturated rings. The van der Waals surface area contributed by atoms with Gasteiger partial charge in [-0.15, -0.1) is 0 Å². The Morgan fingerprint density at radius 1 is 1.70 bits per heavy atom. The second-order valence-corrected chi connectivity index (χ2v) is 2.28. The fourth-order valence-electron chi connectivity index (χ4n) is 0.943. The molecule has 0 bridgehead atoms. The Labute approximate surface area is 59.3 Å². The smallest absolute Gasteiger partial charge is 0.313 e. The van der Waals surface area contributed by atoms with E-state index in [4.69, 9.17) is 5.11 Å². The topological polar surface area (TPSA) is 46.5 Å². The third kappa shape index (κ3) is 1.04. The maximum absolute atomic E-state index is 10.8. The maximum Gasteiger partial charge on any atom is 0.313 e. The van der Waals surface area contributed by atoms with Crippen molar-refractivity contribution >= 4 is 5.97 Å². The summed E-state index contributed by atoms with van der Waals surface area (Å²) in [5.74, 6) is -0.496. The van der Waals surface area contributed by atoms with Crippen molar-refractivity contribution in [2.45, 2.75) is 0 Å². The first-order chi connectivity index (χ1) is 4.79. The number of carbonyl (C=O) groups excluding carboxylic acids is 1. The van der Waals surface area contributed by atoms with Crippen molar-refractivity contribution < 1.29 is 14.6 Å². The van der Waals surface area contributed by atoms with Crippen LogP contribution in [-0.2, 0) is 9.53 Å². The third-order valence-corrected chi connectivity index (χ3v) is 1.71. The summed E-state index contributed by atoms with van der Waals surface area (Å²) in [5.41, 5.74) is 0. The minimum Gasteiger partial charge on any atom is -0.469 e. The summed E-state index contributed by atoms with van der Waals surface area (Å²) in [6.45, 7) is 0.0241. The van der Waals surface area contributed by atoms with Gasteiger partial charge >= 0.3 is 5.97 Å². The predicted molar refractivity (Wildman–Crippen MR) is 35.2 cm³/mol. The van der Waals surface area contributed by atoms with Crippen molar-refractivity contribution in [1.82, 2.24) is 0 Å². The average molecular weight is 142 g/mol. The van der Waals surface area contributed by atoms with Gasteiger partial charge in [0.1, 0.15) is 0 Å². The van der Waals surface area contributed by atoms with Gasteiger partial charge in [-0.3, -0.25) is 4.79 Å². The molecule has 0 heterocycles. The predicted octanol–water partition coefficient (Wildman–Crippen LogP) is -0.0461. The molecule has 1 rings (SSSR count). The monoisotopic (exact) mass is 142 g/mol. The van der Waals surface area contributed by atoms with E-state index in [1.165, 1.54) is 7.11 Å². The molecule has 3 heteroatoms. The van der Waals surface area contributed by atoms with Gasteiger partial charge in [-0.05, 0) is 0 Å². The summed E-state index contributed by atoms with van der Waals surface area (Å²) in [6.07, 6.45) is 3.55. The first-order valence-electron chi connectivity index (χ1n) is 3.16. The summed E-state index contributed by atoms with van der Waals surface area (Å²) >= 11 is 0. The molecule has 56 valence electrons. The number of aliphatic hydroxyl groups is 1. The highest BCUT2D eigenvalue weighted by atomic mass is 16.5. The number of hydrogen-bond donors (Lipinski definition) is 1. The van der Waals surface area contributed by atoms with Gasteiger partial charge in [0.15, 0.2) is 0 Å². The molecule has 1 aliphatic carbocycles. The van der Waals surface area contributed by atoms with Crippen LogP contribution in [0.1, 0.15) is 0 Å². The Hall–Kier alpha value is -0.830. The van der Waals surface area contributed by atoms with Crippen LogP contribution in [0.3, 0.4) is 0 Å². The van der Waals surface area contributed by atoms with Crippen LogP contribution in [-0.4, -0.2) is 24.8 Å². The number of methoxy groups -OCH3 is 1. The average Bonchev–Trinajstić information content (AvgIpc) is 1.86. The molecular weight excluding hydrogens is 132 g/mol. The van der Waals surface area contributed by atoms with E-state index in [1.807, 2.05) is 6.08 Å². The molecule has 3 nitrogen and oxygen atoms in total. The van der Waals surface area contributed by atoms with Gasteiger partial charge in [0, 0.05) is 5.92 Å². The normalized spacial score (nSPS) is 29.4. The zero-order valence-corrected chi connectivity index (χ0v) is 5.78. The zero-order valence-electron chi connectivity index (χ0n) is 5.78. The lowest BCUT2D eigenvalue weighted by Gasteiger charge is -2.24. The van der Waals surface area contributed by atoms with Crippen molar-refractivity contribution in [3.05, 3.63) is 12.2 Å². The Bertz CT molecular complexity index is 162. The van der Waals surface area contributed by atoms with Crippen molar-refractivity contribution in [1.29, 1.82) is 0 Å². The molecule has 0 radical (unpaired) electrons. The van der Waals surface area contributed by atoms with Crippen molar-refractivity contribution in [3.8, 4) is 0 Å². The molecule has 0 aromatic rings. The van der Waals surface area contributed by atoms with Gasteiger partial charge in [-0.2, -0.15) is 0 Å². The maximum atomic E-state index is 10.8. The molecule has 0 amide bonds. The lowest BCUT2D eigenvalue weighted by atomic mass is 9.83. The van der Waals surface area contributed by atoms with Crippen LogP contribution in [0.5, 0.6) is 0 Å². The van der Waals surface area contributed by atoms with E-state index < -0.39 is 0 Å². The Balaban J connectivity index is 2.45. The number of ether oxygens (including phenoxy) is 1. The highest BCUT2D eigenvalue weighted by molar-refractivity contribution is 5.76. The molecule has 2 atom stereocenters. The fraction of sp³-hybridized carbons (Fsp3) is 0.571. The van der Waals surface area contributed by atoms with Crippen LogP contribution >= 0.6 is 0 Å². The van der Waals surface area contributed by atoms with Crippen molar-refractivity contribution in [3.63, 3.8) is 0 Å². The van der Waals surface area contributed by atoms with Crippen LogP contribution in [0, 0.1) is 11.8 Å². The van der Waals surface area contributed by atoms with E-state index in [0.29, 0.717) is 0 Å². The third-order valence-electron chi connectivity index (χ3n) is 1.71. The SMILES string of the molecule is COC(=O)C1C=CC1CO. The number of carbonyl (C=O) groups is 1. The Morgan fingerprint density at radius 3 is 2.70 bits per heavy atom. The van der Waals surface area contributed by atoms with Gasteiger partial charge in [0.05, 0.1) is 19.6 Å². The molecular formula is C7H10O3. The van der Waals surface area contributed by atoms with E-state index in [1.54, 1.807) is 6.08 Å². The number of esters is 1. The minimum atomic E-state index is -0.262. The molecule has 0 aliphatic heterocycles. The molecule has 0 saturated heterocycles. The molecule has 1 aliphatic rings. The second-order valence-electron chi connectivity index (χ2n) is 2.28.